The smallest absolute Gasteiger partial charge is 0.222 e. The van der Waals surface area contributed by atoms with Crippen LogP contribution in [-0.4, -0.2) is 64.5 Å². The highest BCUT2D eigenvalue weighted by Crippen LogP contribution is 2.18. The van der Waals surface area contributed by atoms with Gasteiger partial charge in [0.2, 0.25) is 12.3 Å². The highest BCUT2D eigenvalue weighted by Gasteiger charge is 2.21. The number of ether oxygens (including phenoxy) is 3. The van der Waals surface area contributed by atoms with E-state index in [2.05, 4.69) is 31.4 Å². The van der Waals surface area contributed by atoms with Gasteiger partial charge in [0.15, 0.2) is 0 Å². The molecule has 0 aromatic carbocycles. The van der Waals surface area contributed by atoms with Crippen LogP contribution in [0.1, 0.15) is 34.1 Å². The zero-order valence-electron chi connectivity index (χ0n) is 14.9. The first-order valence-electron chi connectivity index (χ1n) is 8.07. The predicted molar refractivity (Wildman–Crippen MR) is 88.2 cm³/mol. The Kier molecular flexibility index (Phi) is 12.6. The molecule has 1 atom stereocenters. The van der Waals surface area contributed by atoms with Gasteiger partial charge in [0, 0.05) is 19.0 Å². The minimum Gasteiger partial charge on any atom is -0.379 e. The summed E-state index contributed by atoms with van der Waals surface area (Å²) in [5.41, 5.74) is 0.0513. The van der Waals surface area contributed by atoms with E-state index in [0.29, 0.717) is 59.0 Å². The van der Waals surface area contributed by atoms with Crippen LogP contribution < -0.4 is 10.6 Å². The van der Waals surface area contributed by atoms with Gasteiger partial charge in [0.25, 0.3) is 0 Å². The van der Waals surface area contributed by atoms with Gasteiger partial charge in [-0.25, -0.2) is 0 Å². The summed E-state index contributed by atoms with van der Waals surface area (Å²) in [6, 6.07) is 0.125. The molecule has 0 fully saturated rings. The zero-order chi connectivity index (χ0) is 17.6. The van der Waals surface area contributed by atoms with Crippen molar-refractivity contribution in [2.75, 3.05) is 46.2 Å². The highest BCUT2D eigenvalue weighted by atomic mass is 16.5. The molecule has 7 nitrogen and oxygen atoms in total. The number of nitrogens with one attached hydrogen (secondary N) is 2. The molecule has 7 heteroatoms. The molecule has 2 N–H and O–H groups in total. The van der Waals surface area contributed by atoms with Crippen LogP contribution in [0, 0.1) is 5.41 Å². The Morgan fingerprint density at radius 3 is 2.04 bits per heavy atom. The lowest BCUT2D eigenvalue weighted by Gasteiger charge is -2.28. The first-order valence-corrected chi connectivity index (χ1v) is 8.07. The van der Waals surface area contributed by atoms with Gasteiger partial charge < -0.3 is 24.8 Å². The Hall–Kier alpha value is -1.18. The number of amides is 2. The minimum absolute atomic E-state index is 0.00526. The molecular formula is C16H32N2O5. The fraction of sp³-hybridized carbons (Fsp3) is 0.875. The molecule has 23 heavy (non-hydrogen) atoms. The van der Waals surface area contributed by atoms with Crippen LogP contribution >= 0.6 is 0 Å². The van der Waals surface area contributed by atoms with Crippen LogP contribution in [0.25, 0.3) is 0 Å². The van der Waals surface area contributed by atoms with Gasteiger partial charge in [-0.05, 0) is 12.3 Å². The fourth-order valence-electron chi connectivity index (χ4n) is 1.43. The SMILES string of the molecule is CC(NC(=O)CCOCCOCCOCCNC=O)C(C)(C)C. The van der Waals surface area contributed by atoms with Crippen molar-refractivity contribution in [3.63, 3.8) is 0 Å². The van der Waals surface area contributed by atoms with Crippen molar-refractivity contribution in [2.24, 2.45) is 5.41 Å². The topological polar surface area (TPSA) is 85.9 Å². The quantitative estimate of drug-likeness (QED) is 0.362. The maximum atomic E-state index is 11.7. The van der Waals surface area contributed by atoms with Gasteiger partial charge >= 0.3 is 0 Å². The molecule has 0 aromatic rings. The number of hydrogen-bond donors (Lipinski definition) is 2. The first-order chi connectivity index (χ1) is 10.9. The average Bonchev–Trinajstić information content (AvgIpc) is 2.47. The lowest BCUT2D eigenvalue weighted by atomic mass is 9.88. The van der Waals surface area contributed by atoms with Gasteiger partial charge in [-0.1, -0.05) is 20.8 Å². The lowest BCUT2D eigenvalue weighted by Crippen LogP contribution is -2.41. The summed E-state index contributed by atoms with van der Waals surface area (Å²) in [4.78, 5) is 21.7. The molecular weight excluding hydrogens is 300 g/mol. The Morgan fingerprint density at radius 1 is 1.00 bits per heavy atom. The fourth-order valence-corrected chi connectivity index (χ4v) is 1.43. The number of rotatable bonds is 14. The van der Waals surface area contributed by atoms with E-state index in [0.717, 1.165) is 0 Å². The Bertz CT molecular complexity index is 318. The van der Waals surface area contributed by atoms with Gasteiger partial charge in [-0.3, -0.25) is 9.59 Å². The molecule has 0 rings (SSSR count). The van der Waals surface area contributed by atoms with E-state index in [9.17, 15) is 9.59 Å². The summed E-state index contributed by atoms with van der Waals surface area (Å²) in [6.07, 6.45) is 0.995. The molecule has 0 saturated heterocycles. The van der Waals surface area contributed by atoms with E-state index >= 15 is 0 Å². The van der Waals surface area contributed by atoms with Crippen molar-refractivity contribution in [2.45, 2.75) is 40.2 Å². The zero-order valence-corrected chi connectivity index (χ0v) is 14.9. The monoisotopic (exact) mass is 332 g/mol. The molecule has 0 heterocycles. The van der Waals surface area contributed by atoms with Gasteiger partial charge in [-0.2, -0.15) is 0 Å². The maximum absolute atomic E-state index is 11.7. The van der Waals surface area contributed by atoms with E-state index in [1.807, 2.05) is 6.92 Å². The second kappa shape index (κ2) is 13.3. The van der Waals surface area contributed by atoms with Crippen molar-refractivity contribution in [1.29, 1.82) is 0 Å². The van der Waals surface area contributed by atoms with Crippen LogP contribution in [0.3, 0.4) is 0 Å². The van der Waals surface area contributed by atoms with Crippen molar-refractivity contribution in [3.8, 4) is 0 Å². The van der Waals surface area contributed by atoms with Crippen molar-refractivity contribution in [3.05, 3.63) is 0 Å². The van der Waals surface area contributed by atoms with Gasteiger partial charge in [0.1, 0.15) is 0 Å². The Morgan fingerprint density at radius 2 is 1.52 bits per heavy atom. The third-order valence-electron chi connectivity index (χ3n) is 3.37. The molecule has 1 unspecified atom stereocenters. The molecule has 0 radical (unpaired) electrons. The Labute approximate surface area is 139 Å². The third-order valence-corrected chi connectivity index (χ3v) is 3.37. The predicted octanol–water partition coefficient (Wildman–Crippen LogP) is 0.723. The standard InChI is InChI=1S/C16H32N2O5/c1-14(16(2,3)4)18-15(20)5-7-21-9-11-23-12-10-22-8-6-17-13-19/h13-14H,5-12H2,1-4H3,(H,17,19)(H,18,20). The normalized spacial score (nSPS) is 12.7. The van der Waals surface area contributed by atoms with Crippen molar-refractivity contribution < 1.29 is 23.8 Å². The molecule has 2 amide bonds. The van der Waals surface area contributed by atoms with E-state index in [4.69, 9.17) is 14.2 Å². The van der Waals surface area contributed by atoms with E-state index in [-0.39, 0.29) is 17.4 Å². The van der Waals surface area contributed by atoms with Crippen molar-refractivity contribution in [1.82, 2.24) is 10.6 Å². The van der Waals surface area contributed by atoms with Crippen LogP contribution in [0.2, 0.25) is 0 Å². The molecule has 0 aliphatic carbocycles. The molecule has 0 aromatic heterocycles. The minimum atomic E-state index is 0.00526. The lowest BCUT2D eigenvalue weighted by molar-refractivity contribution is -0.123. The summed E-state index contributed by atoms with van der Waals surface area (Å²) >= 11 is 0. The summed E-state index contributed by atoms with van der Waals surface area (Å²) < 4.78 is 15.9. The summed E-state index contributed by atoms with van der Waals surface area (Å²) in [5, 5.41) is 5.47. The number of carbonyl (C=O) groups excluding carboxylic acids is 2. The van der Waals surface area contributed by atoms with Crippen LogP contribution in [0.4, 0.5) is 0 Å². The largest absolute Gasteiger partial charge is 0.379 e. The number of carbonyl (C=O) groups is 2. The molecule has 0 aliphatic heterocycles. The second-order valence-corrected chi connectivity index (χ2v) is 6.31. The van der Waals surface area contributed by atoms with Crippen LogP contribution in [0.5, 0.6) is 0 Å². The van der Waals surface area contributed by atoms with Crippen LogP contribution in [-0.2, 0) is 23.8 Å². The van der Waals surface area contributed by atoms with Gasteiger partial charge in [-0.15, -0.1) is 0 Å². The summed E-state index contributed by atoms with van der Waals surface area (Å²) in [7, 11) is 0. The van der Waals surface area contributed by atoms with E-state index < -0.39 is 0 Å². The maximum Gasteiger partial charge on any atom is 0.222 e. The Balaban J connectivity index is 3.33. The first kappa shape index (κ1) is 21.8. The molecule has 0 bridgehead atoms. The van der Waals surface area contributed by atoms with E-state index in [1.54, 1.807) is 0 Å². The highest BCUT2D eigenvalue weighted by molar-refractivity contribution is 5.76. The second-order valence-electron chi connectivity index (χ2n) is 6.31. The molecule has 136 valence electrons. The molecule has 0 aliphatic rings. The van der Waals surface area contributed by atoms with Gasteiger partial charge in [0.05, 0.1) is 39.6 Å². The average molecular weight is 332 g/mol. The summed E-state index contributed by atoms with van der Waals surface area (Å²) in [6.45, 7) is 11.5. The van der Waals surface area contributed by atoms with Crippen molar-refractivity contribution >= 4 is 12.3 Å². The molecule has 0 saturated carbocycles. The summed E-state index contributed by atoms with van der Waals surface area (Å²) in [5.74, 6) is 0.00526. The number of hydrogen-bond acceptors (Lipinski definition) is 5. The molecule has 0 spiro atoms. The third kappa shape index (κ3) is 14.2. The van der Waals surface area contributed by atoms with E-state index in [1.165, 1.54) is 0 Å². The van der Waals surface area contributed by atoms with Crippen LogP contribution in [0.15, 0.2) is 0 Å².